The molecule has 0 heterocycles. The summed E-state index contributed by atoms with van der Waals surface area (Å²) in [5.41, 5.74) is 1.17. The van der Waals surface area contributed by atoms with Crippen LogP contribution in [0.2, 0.25) is 0 Å². The molecule has 0 atom stereocenters. The maximum Gasteiger partial charge on any atom is 0.120 e. The average molecular weight is 226 g/mol. The fraction of sp³-hybridized carbons (Fsp3) is 0. The smallest absolute Gasteiger partial charge is 0.120 e. The highest BCUT2D eigenvalue weighted by molar-refractivity contribution is 5.49. The van der Waals surface area contributed by atoms with Gasteiger partial charge >= 0.3 is 0 Å². The first-order chi connectivity index (χ1) is 8.13. The van der Waals surface area contributed by atoms with Gasteiger partial charge in [-0.3, -0.25) is 0 Å². The van der Waals surface area contributed by atoms with E-state index in [1.165, 1.54) is 24.3 Å². The van der Waals surface area contributed by atoms with Crippen LogP contribution in [-0.4, -0.2) is 15.3 Å². The molecule has 0 fully saturated rings. The summed E-state index contributed by atoms with van der Waals surface area (Å²) in [5.74, 6) is 5.69. The van der Waals surface area contributed by atoms with E-state index in [2.05, 4.69) is 11.8 Å². The second-order valence-electron chi connectivity index (χ2n) is 3.54. The predicted octanol–water partition coefficient (Wildman–Crippen LogP) is 2.20. The highest BCUT2D eigenvalue weighted by Gasteiger charge is 1.96. The largest absolute Gasteiger partial charge is 0.508 e. The van der Waals surface area contributed by atoms with Crippen LogP contribution in [0.1, 0.15) is 11.1 Å². The lowest BCUT2D eigenvalue weighted by Crippen LogP contribution is -1.77. The van der Waals surface area contributed by atoms with Crippen LogP contribution in [0.15, 0.2) is 42.5 Å². The quantitative estimate of drug-likeness (QED) is 0.603. The number of hydrogen-bond donors (Lipinski definition) is 3. The summed E-state index contributed by atoms with van der Waals surface area (Å²) >= 11 is 0. The first-order valence-corrected chi connectivity index (χ1v) is 4.97. The second kappa shape index (κ2) is 4.50. The van der Waals surface area contributed by atoms with Crippen molar-refractivity contribution in [2.45, 2.75) is 0 Å². The van der Waals surface area contributed by atoms with Crippen molar-refractivity contribution < 1.29 is 15.3 Å². The molecule has 0 unspecified atom stereocenters. The van der Waals surface area contributed by atoms with Crippen molar-refractivity contribution in [2.24, 2.45) is 0 Å². The van der Waals surface area contributed by atoms with E-state index in [1.807, 2.05) is 0 Å². The summed E-state index contributed by atoms with van der Waals surface area (Å²) in [6.45, 7) is 0. The number of benzene rings is 2. The molecule has 0 bridgehead atoms. The van der Waals surface area contributed by atoms with Crippen molar-refractivity contribution in [3.8, 4) is 29.1 Å². The van der Waals surface area contributed by atoms with Crippen LogP contribution in [-0.2, 0) is 0 Å². The Kier molecular flexibility index (Phi) is 2.89. The third kappa shape index (κ3) is 2.93. The third-order valence-corrected chi connectivity index (χ3v) is 2.10. The molecule has 17 heavy (non-hydrogen) atoms. The Morgan fingerprint density at radius 1 is 0.647 bits per heavy atom. The zero-order valence-electron chi connectivity index (χ0n) is 8.88. The van der Waals surface area contributed by atoms with E-state index in [-0.39, 0.29) is 17.2 Å². The van der Waals surface area contributed by atoms with Gasteiger partial charge in [-0.25, -0.2) is 0 Å². The van der Waals surface area contributed by atoms with Gasteiger partial charge in [0.25, 0.3) is 0 Å². The van der Waals surface area contributed by atoms with Crippen molar-refractivity contribution in [2.75, 3.05) is 0 Å². The minimum atomic E-state index is -0.0368. The highest BCUT2D eigenvalue weighted by Crippen LogP contribution is 2.19. The zero-order valence-corrected chi connectivity index (χ0v) is 8.88. The van der Waals surface area contributed by atoms with E-state index >= 15 is 0 Å². The summed E-state index contributed by atoms with van der Waals surface area (Å²) in [6.07, 6.45) is 0. The van der Waals surface area contributed by atoms with E-state index in [0.717, 1.165) is 0 Å². The lowest BCUT2D eigenvalue weighted by atomic mass is 10.1. The van der Waals surface area contributed by atoms with Gasteiger partial charge in [0, 0.05) is 17.2 Å². The molecule has 0 aromatic heterocycles. The first-order valence-electron chi connectivity index (χ1n) is 4.97. The van der Waals surface area contributed by atoms with Gasteiger partial charge < -0.3 is 15.3 Å². The molecule has 84 valence electrons. The summed E-state index contributed by atoms with van der Waals surface area (Å²) in [5, 5.41) is 27.8. The summed E-state index contributed by atoms with van der Waals surface area (Å²) in [4.78, 5) is 0. The van der Waals surface area contributed by atoms with Gasteiger partial charge in [0.15, 0.2) is 0 Å². The fourth-order valence-corrected chi connectivity index (χ4v) is 1.40. The molecule has 0 aliphatic rings. The van der Waals surface area contributed by atoms with Crippen molar-refractivity contribution >= 4 is 0 Å². The van der Waals surface area contributed by atoms with Crippen LogP contribution in [0.25, 0.3) is 0 Å². The van der Waals surface area contributed by atoms with E-state index in [0.29, 0.717) is 11.1 Å². The molecule has 3 heteroatoms. The predicted molar refractivity (Wildman–Crippen MR) is 63.9 cm³/mol. The minimum Gasteiger partial charge on any atom is -0.508 e. The summed E-state index contributed by atoms with van der Waals surface area (Å²) in [6, 6.07) is 10.7. The number of phenolic OH excluding ortho intramolecular Hbond substituents is 3. The number of phenols is 3. The zero-order chi connectivity index (χ0) is 12.3. The number of hydrogen-bond acceptors (Lipinski definition) is 3. The summed E-state index contributed by atoms with van der Waals surface area (Å²) < 4.78 is 0. The Morgan fingerprint density at radius 3 is 1.88 bits per heavy atom. The Morgan fingerprint density at radius 2 is 1.24 bits per heavy atom. The molecule has 0 spiro atoms. The molecule has 0 aliphatic carbocycles. The Bertz CT molecular complexity index is 586. The lowest BCUT2D eigenvalue weighted by molar-refractivity contribution is 0.450. The maximum atomic E-state index is 9.27. The van der Waals surface area contributed by atoms with E-state index in [1.54, 1.807) is 18.2 Å². The SMILES string of the molecule is Oc1cccc(C#Cc2cc(O)cc(O)c2)c1. The van der Waals surface area contributed by atoms with Crippen LogP contribution in [0, 0.1) is 11.8 Å². The minimum absolute atomic E-state index is 0.0368. The topological polar surface area (TPSA) is 60.7 Å². The van der Waals surface area contributed by atoms with Crippen molar-refractivity contribution in [1.29, 1.82) is 0 Å². The molecule has 0 radical (unpaired) electrons. The molecule has 0 amide bonds. The van der Waals surface area contributed by atoms with Gasteiger partial charge in [-0.2, -0.15) is 0 Å². The van der Waals surface area contributed by atoms with Gasteiger partial charge in [0.05, 0.1) is 0 Å². The molecule has 0 saturated heterocycles. The normalized spacial score (nSPS) is 9.41. The Balaban J connectivity index is 2.32. The maximum absolute atomic E-state index is 9.27. The molecular formula is C14H10O3. The molecule has 2 aromatic carbocycles. The van der Waals surface area contributed by atoms with Crippen LogP contribution in [0.3, 0.4) is 0 Å². The number of aromatic hydroxyl groups is 3. The standard InChI is InChI=1S/C14H10O3/c15-12-3-1-2-10(6-12)4-5-11-7-13(16)9-14(17)8-11/h1-3,6-9,15-17H. The molecule has 3 N–H and O–H groups in total. The van der Waals surface area contributed by atoms with E-state index in [4.69, 9.17) is 0 Å². The van der Waals surface area contributed by atoms with Crippen LogP contribution >= 0.6 is 0 Å². The lowest BCUT2D eigenvalue weighted by Gasteiger charge is -1.96. The molecular weight excluding hydrogens is 216 g/mol. The van der Waals surface area contributed by atoms with Crippen molar-refractivity contribution in [3.05, 3.63) is 53.6 Å². The monoisotopic (exact) mass is 226 g/mol. The molecule has 0 saturated carbocycles. The van der Waals surface area contributed by atoms with Gasteiger partial charge in [-0.05, 0) is 30.3 Å². The first kappa shape index (κ1) is 10.9. The van der Waals surface area contributed by atoms with E-state index in [9.17, 15) is 15.3 Å². The molecule has 2 aromatic rings. The van der Waals surface area contributed by atoms with Crippen molar-refractivity contribution in [3.63, 3.8) is 0 Å². The third-order valence-electron chi connectivity index (χ3n) is 2.10. The average Bonchev–Trinajstić information content (AvgIpc) is 2.25. The molecule has 2 rings (SSSR count). The van der Waals surface area contributed by atoms with Gasteiger partial charge in [0.2, 0.25) is 0 Å². The summed E-state index contributed by atoms with van der Waals surface area (Å²) in [7, 11) is 0. The van der Waals surface area contributed by atoms with Crippen LogP contribution in [0.4, 0.5) is 0 Å². The van der Waals surface area contributed by atoms with Crippen molar-refractivity contribution in [1.82, 2.24) is 0 Å². The Hall–Kier alpha value is -2.60. The van der Waals surface area contributed by atoms with Gasteiger partial charge in [-0.1, -0.05) is 17.9 Å². The van der Waals surface area contributed by atoms with E-state index < -0.39 is 0 Å². The van der Waals surface area contributed by atoms with Gasteiger partial charge in [-0.15, -0.1) is 0 Å². The van der Waals surface area contributed by atoms with Crippen LogP contribution < -0.4 is 0 Å². The fourth-order valence-electron chi connectivity index (χ4n) is 1.40. The number of rotatable bonds is 0. The highest BCUT2D eigenvalue weighted by atomic mass is 16.3. The second-order valence-corrected chi connectivity index (χ2v) is 3.54. The molecule has 3 nitrogen and oxygen atoms in total. The Labute approximate surface area is 98.6 Å². The van der Waals surface area contributed by atoms with Gasteiger partial charge in [0.1, 0.15) is 17.2 Å². The van der Waals surface area contributed by atoms with Crippen LogP contribution in [0.5, 0.6) is 17.2 Å². The molecule has 0 aliphatic heterocycles.